The van der Waals surface area contributed by atoms with Gasteiger partial charge in [-0.15, -0.1) is 11.3 Å². The van der Waals surface area contributed by atoms with Gasteiger partial charge in [-0.25, -0.2) is 0 Å². The first-order chi connectivity index (χ1) is 8.29. The zero-order chi connectivity index (χ0) is 12.1. The van der Waals surface area contributed by atoms with Crippen LogP contribution in [0.5, 0.6) is 0 Å². The molecule has 2 unspecified atom stereocenters. The molecule has 1 N–H and O–H groups in total. The summed E-state index contributed by atoms with van der Waals surface area (Å²) in [5, 5.41) is 5.59. The number of hydrogen-bond donors (Lipinski definition) is 1. The van der Waals surface area contributed by atoms with Gasteiger partial charge >= 0.3 is 0 Å². The molecule has 1 fully saturated rings. The zero-order valence-electron chi connectivity index (χ0n) is 10.5. The summed E-state index contributed by atoms with van der Waals surface area (Å²) in [5.74, 6) is 1.76. The lowest BCUT2D eigenvalue weighted by Gasteiger charge is -2.24. The molecule has 1 aliphatic carbocycles. The van der Waals surface area contributed by atoms with Crippen LogP contribution in [0.4, 0.5) is 0 Å². The molecule has 0 amide bonds. The van der Waals surface area contributed by atoms with E-state index in [4.69, 9.17) is 0 Å². The van der Waals surface area contributed by atoms with Crippen LogP contribution in [0.25, 0.3) is 0 Å². The molecule has 1 aromatic heterocycles. The molecule has 0 radical (unpaired) electrons. The molecule has 1 nitrogen and oxygen atoms in total. The van der Waals surface area contributed by atoms with Crippen molar-refractivity contribution in [1.29, 1.82) is 0 Å². The Morgan fingerprint density at radius 1 is 1.29 bits per heavy atom. The van der Waals surface area contributed by atoms with Crippen LogP contribution in [0.1, 0.15) is 37.0 Å². The SMILES string of the molecule is CNCC1CCCCCC1Cc1cc(Br)cs1. The van der Waals surface area contributed by atoms with E-state index in [1.54, 1.807) is 4.88 Å². The van der Waals surface area contributed by atoms with E-state index < -0.39 is 0 Å². The molecule has 2 rings (SSSR count). The van der Waals surface area contributed by atoms with Gasteiger partial charge in [0.05, 0.1) is 0 Å². The third kappa shape index (κ3) is 4.08. The van der Waals surface area contributed by atoms with E-state index in [9.17, 15) is 0 Å². The van der Waals surface area contributed by atoms with Gasteiger partial charge < -0.3 is 5.32 Å². The molecule has 1 aliphatic rings. The van der Waals surface area contributed by atoms with Crippen LogP contribution >= 0.6 is 27.3 Å². The number of halogens is 1. The summed E-state index contributed by atoms with van der Waals surface area (Å²) in [6.07, 6.45) is 8.40. The van der Waals surface area contributed by atoms with Crippen LogP contribution < -0.4 is 5.32 Å². The number of hydrogen-bond acceptors (Lipinski definition) is 2. The fraction of sp³-hybridized carbons (Fsp3) is 0.714. The first-order valence-electron chi connectivity index (χ1n) is 6.67. The maximum Gasteiger partial charge on any atom is 0.0285 e. The second-order valence-corrected chi connectivity index (χ2v) is 7.06. The molecule has 0 aromatic carbocycles. The van der Waals surface area contributed by atoms with Crippen molar-refractivity contribution in [3.63, 3.8) is 0 Å². The van der Waals surface area contributed by atoms with Gasteiger partial charge in [-0.3, -0.25) is 0 Å². The molecule has 3 heteroatoms. The molecular formula is C14H22BrNS. The standard InChI is InChI=1S/C14H22BrNS/c1-16-9-12-6-4-2-3-5-11(12)7-14-8-13(15)10-17-14/h8,10-12,16H,2-7,9H2,1H3. The van der Waals surface area contributed by atoms with Crippen LogP contribution in [-0.2, 0) is 6.42 Å². The Kier molecular flexibility index (Phi) is 5.51. The average Bonchev–Trinajstić information content (AvgIpc) is 2.58. The fourth-order valence-corrected chi connectivity index (χ4v) is 4.53. The molecule has 96 valence electrons. The van der Waals surface area contributed by atoms with E-state index in [0.29, 0.717) is 0 Å². The monoisotopic (exact) mass is 315 g/mol. The highest BCUT2D eigenvalue weighted by Crippen LogP contribution is 2.33. The van der Waals surface area contributed by atoms with Gasteiger partial charge in [0, 0.05) is 14.7 Å². The number of thiophene rings is 1. The summed E-state index contributed by atoms with van der Waals surface area (Å²) in [6.45, 7) is 1.19. The Labute approximate surface area is 117 Å². The zero-order valence-corrected chi connectivity index (χ0v) is 12.9. The Bertz CT molecular complexity index is 337. The van der Waals surface area contributed by atoms with Crippen LogP contribution in [0.15, 0.2) is 15.9 Å². The second-order valence-electron chi connectivity index (χ2n) is 5.15. The summed E-state index contributed by atoms with van der Waals surface area (Å²) in [7, 11) is 2.09. The molecule has 2 atom stereocenters. The maximum absolute atomic E-state index is 3.56. The van der Waals surface area contributed by atoms with Crippen LogP contribution in [0.3, 0.4) is 0 Å². The average molecular weight is 316 g/mol. The molecule has 17 heavy (non-hydrogen) atoms. The second kappa shape index (κ2) is 6.91. The highest BCUT2D eigenvalue weighted by atomic mass is 79.9. The summed E-state index contributed by atoms with van der Waals surface area (Å²) in [4.78, 5) is 1.55. The Hall–Kier alpha value is 0.140. The number of rotatable bonds is 4. The van der Waals surface area contributed by atoms with Crippen molar-refractivity contribution in [3.05, 3.63) is 20.8 Å². The lowest BCUT2D eigenvalue weighted by molar-refractivity contribution is 0.305. The molecular weight excluding hydrogens is 294 g/mol. The van der Waals surface area contributed by atoms with E-state index >= 15 is 0 Å². The van der Waals surface area contributed by atoms with Gasteiger partial charge in [-0.1, -0.05) is 19.3 Å². The molecule has 0 bridgehead atoms. The predicted octanol–water partition coefficient (Wildman–Crippen LogP) is 4.47. The van der Waals surface area contributed by atoms with Gasteiger partial charge in [-0.2, -0.15) is 0 Å². The third-order valence-electron chi connectivity index (χ3n) is 3.87. The minimum absolute atomic E-state index is 0.878. The Morgan fingerprint density at radius 2 is 2.06 bits per heavy atom. The lowest BCUT2D eigenvalue weighted by atomic mass is 9.85. The third-order valence-corrected chi connectivity index (χ3v) is 5.59. The highest BCUT2D eigenvalue weighted by molar-refractivity contribution is 9.10. The number of nitrogens with one attached hydrogen (secondary N) is 1. The smallest absolute Gasteiger partial charge is 0.0285 e. The molecule has 1 aromatic rings. The quantitative estimate of drug-likeness (QED) is 0.808. The fourth-order valence-electron chi connectivity index (χ4n) is 2.98. The minimum atomic E-state index is 0.878. The van der Waals surface area contributed by atoms with Gasteiger partial charge in [0.2, 0.25) is 0 Å². The highest BCUT2D eigenvalue weighted by Gasteiger charge is 2.23. The molecule has 0 saturated heterocycles. The topological polar surface area (TPSA) is 12.0 Å². The van der Waals surface area contributed by atoms with Gasteiger partial charge in [0.25, 0.3) is 0 Å². The maximum atomic E-state index is 3.56. The Balaban J connectivity index is 1.99. The molecule has 1 heterocycles. The summed E-state index contributed by atoms with van der Waals surface area (Å²) in [6, 6.07) is 2.30. The normalized spacial score (nSPS) is 25.8. The summed E-state index contributed by atoms with van der Waals surface area (Å²) >= 11 is 5.46. The van der Waals surface area contributed by atoms with Crippen molar-refractivity contribution in [2.45, 2.75) is 38.5 Å². The van der Waals surface area contributed by atoms with E-state index in [-0.39, 0.29) is 0 Å². The van der Waals surface area contributed by atoms with Crippen LogP contribution in [0, 0.1) is 11.8 Å². The van der Waals surface area contributed by atoms with E-state index in [1.807, 2.05) is 11.3 Å². The van der Waals surface area contributed by atoms with Crippen molar-refractivity contribution in [1.82, 2.24) is 5.32 Å². The van der Waals surface area contributed by atoms with Crippen molar-refractivity contribution in [3.8, 4) is 0 Å². The summed E-state index contributed by atoms with van der Waals surface area (Å²) in [5.41, 5.74) is 0. The van der Waals surface area contributed by atoms with E-state index in [0.717, 1.165) is 11.8 Å². The molecule has 1 saturated carbocycles. The van der Waals surface area contributed by atoms with E-state index in [1.165, 1.54) is 49.5 Å². The van der Waals surface area contributed by atoms with E-state index in [2.05, 4.69) is 39.7 Å². The largest absolute Gasteiger partial charge is 0.319 e. The van der Waals surface area contributed by atoms with Gasteiger partial charge in [-0.05, 0) is 66.7 Å². The first-order valence-corrected chi connectivity index (χ1v) is 8.34. The lowest BCUT2D eigenvalue weighted by Crippen LogP contribution is -2.26. The van der Waals surface area contributed by atoms with Crippen LogP contribution in [-0.4, -0.2) is 13.6 Å². The van der Waals surface area contributed by atoms with Crippen molar-refractivity contribution in [2.75, 3.05) is 13.6 Å². The van der Waals surface area contributed by atoms with Crippen LogP contribution in [0.2, 0.25) is 0 Å². The van der Waals surface area contributed by atoms with Crippen molar-refractivity contribution < 1.29 is 0 Å². The molecule has 0 aliphatic heterocycles. The Morgan fingerprint density at radius 3 is 2.71 bits per heavy atom. The van der Waals surface area contributed by atoms with Gasteiger partial charge in [0.15, 0.2) is 0 Å². The summed E-state index contributed by atoms with van der Waals surface area (Å²) < 4.78 is 1.25. The predicted molar refractivity (Wildman–Crippen MR) is 79.7 cm³/mol. The first kappa shape index (κ1) is 13.6. The van der Waals surface area contributed by atoms with Crippen molar-refractivity contribution >= 4 is 27.3 Å². The van der Waals surface area contributed by atoms with Crippen molar-refractivity contribution in [2.24, 2.45) is 11.8 Å². The molecule has 0 spiro atoms. The van der Waals surface area contributed by atoms with Gasteiger partial charge in [0.1, 0.15) is 0 Å². The minimum Gasteiger partial charge on any atom is -0.319 e.